The Morgan fingerprint density at radius 3 is 2.71 bits per heavy atom. The molecular formula is C14H19NO2. The van der Waals surface area contributed by atoms with Crippen molar-refractivity contribution in [3.05, 3.63) is 53.3 Å². The molecule has 0 radical (unpaired) electrons. The zero-order valence-electron chi connectivity index (χ0n) is 10.1. The van der Waals surface area contributed by atoms with Gasteiger partial charge in [0.15, 0.2) is 0 Å². The topological polar surface area (TPSA) is 43.3 Å². The average molecular weight is 233 g/mol. The second-order valence-corrected chi connectivity index (χ2v) is 4.88. The molecule has 0 amide bonds. The number of aliphatic hydroxyl groups is 1. The Kier molecular flexibility index (Phi) is 3.62. The van der Waals surface area contributed by atoms with Gasteiger partial charge in [0.25, 0.3) is 0 Å². The van der Waals surface area contributed by atoms with Crippen LogP contribution in [0.5, 0.6) is 0 Å². The predicted molar refractivity (Wildman–Crippen MR) is 68.0 cm³/mol. The standard InChI is InChI=1S/C14H19NO2/c1-15(17)10-6-5-9-13(15)11-14(16)12-7-3-2-4-8-12/h2-8,13-14,16H,9-11H2,1H3/t13-,14-,15?/m0/s1. The molecule has 17 heavy (non-hydrogen) atoms. The van der Waals surface area contributed by atoms with Gasteiger partial charge < -0.3 is 15.0 Å². The maximum atomic E-state index is 12.2. The largest absolute Gasteiger partial charge is 0.633 e. The van der Waals surface area contributed by atoms with Gasteiger partial charge in [-0.05, 0) is 11.6 Å². The molecule has 0 saturated carbocycles. The number of likely N-dealkylation sites (N-methyl/N-ethyl adjacent to an activating group) is 1. The van der Waals surface area contributed by atoms with E-state index in [1.54, 1.807) is 7.05 Å². The number of hydrogen-bond acceptors (Lipinski definition) is 2. The summed E-state index contributed by atoms with van der Waals surface area (Å²) in [5.41, 5.74) is 0.891. The summed E-state index contributed by atoms with van der Waals surface area (Å²) in [6, 6.07) is 9.50. The molecule has 0 aliphatic carbocycles. The summed E-state index contributed by atoms with van der Waals surface area (Å²) >= 11 is 0. The number of hydrogen-bond donors (Lipinski definition) is 1. The Morgan fingerprint density at radius 2 is 2.06 bits per heavy atom. The van der Waals surface area contributed by atoms with E-state index in [9.17, 15) is 10.3 Å². The molecule has 0 aromatic heterocycles. The average Bonchev–Trinajstić information content (AvgIpc) is 2.33. The first-order valence-electron chi connectivity index (χ1n) is 6.04. The first-order chi connectivity index (χ1) is 8.09. The molecule has 3 atom stereocenters. The molecule has 1 aliphatic rings. The predicted octanol–water partition coefficient (Wildman–Crippen LogP) is 2.38. The second-order valence-electron chi connectivity index (χ2n) is 4.88. The monoisotopic (exact) mass is 233 g/mol. The Hall–Kier alpha value is -1.16. The van der Waals surface area contributed by atoms with E-state index in [1.165, 1.54) is 0 Å². The first-order valence-corrected chi connectivity index (χ1v) is 6.04. The highest BCUT2D eigenvalue weighted by molar-refractivity contribution is 5.17. The van der Waals surface area contributed by atoms with Gasteiger partial charge in [0, 0.05) is 12.8 Å². The van der Waals surface area contributed by atoms with E-state index in [2.05, 4.69) is 0 Å². The third-order valence-corrected chi connectivity index (χ3v) is 3.49. The molecule has 1 aliphatic heterocycles. The van der Waals surface area contributed by atoms with Crippen LogP contribution in [-0.2, 0) is 0 Å². The molecule has 0 saturated heterocycles. The summed E-state index contributed by atoms with van der Waals surface area (Å²) in [5, 5.41) is 22.3. The lowest BCUT2D eigenvalue weighted by molar-refractivity contribution is -0.883. The van der Waals surface area contributed by atoms with E-state index in [-0.39, 0.29) is 10.7 Å². The van der Waals surface area contributed by atoms with Crippen LogP contribution in [0.25, 0.3) is 0 Å². The van der Waals surface area contributed by atoms with Gasteiger partial charge >= 0.3 is 0 Å². The van der Waals surface area contributed by atoms with Crippen molar-refractivity contribution in [2.75, 3.05) is 13.6 Å². The van der Waals surface area contributed by atoms with Crippen molar-refractivity contribution in [2.45, 2.75) is 25.0 Å². The Balaban J connectivity index is 2.04. The van der Waals surface area contributed by atoms with Crippen molar-refractivity contribution < 1.29 is 9.75 Å². The molecule has 1 unspecified atom stereocenters. The van der Waals surface area contributed by atoms with Gasteiger partial charge in [-0.15, -0.1) is 0 Å². The smallest absolute Gasteiger partial charge is 0.0971 e. The number of benzene rings is 1. The molecule has 3 heteroatoms. The molecule has 1 aromatic carbocycles. The minimum Gasteiger partial charge on any atom is -0.633 e. The molecule has 1 aromatic rings. The Labute approximate surface area is 102 Å². The van der Waals surface area contributed by atoms with Crippen molar-refractivity contribution in [1.29, 1.82) is 0 Å². The summed E-state index contributed by atoms with van der Waals surface area (Å²) in [6.45, 7) is 0.506. The normalized spacial score (nSPS) is 30.2. The SMILES string of the molecule is C[N+]1([O-])CC=CC[C@H]1C[C@H](O)c1ccccc1. The fraction of sp³-hybridized carbons (Fsp3) is 0.429. The molecule has 0 fully saturated rings. The van der Waals surface area contributed by atoms with Gasteiger partial charge in [0.05, 0.1) is 25.7 Å². The minimum atomic E-state index is -0.543. The van der Waals surface area contributed by atoms with E-state index >= 15 is 0 Å². The first kappa shape index (κ1) is 12.3. The summed E-state index contributed by atoms with van der Waals surface area (Å²) in [5.74, 6) is 0. The third-order valence-electron chi connectivity index (χ3n) is 3.49. The van der Waals surface area contributed by atoms with Crippen LogP contribution in [0.1, 0.15) is 24.5 Å². The number of hydroxylamine groups is 3. The number of rotatable bonds is 3. The van der Waals surface area contributed by atoms with Gasteiger partial charge in [-0.2, -0.15) is 0 Å². The van der Waals surface area contributed by atoms with Crippen LogP contribution in [0, 0.1) is 5.21 Å². The van der Waals surface area contributed by atoms with Crippen molar-refractivity contribution >= 4 is 0 Å². The summed E-state index contributed by atoms with van der Waals surface area (Å²) in [4.78, 5) is 0. The van der Waals surface area contributed by atoms with Crippen molar-refractivity contribution in [2.24, 2.45) is 0 Å². The third kappa shape index (κ3) is 2.94. The summed E-state index contributed by atoms with van der Waals surface area (Å²) in [7, 11) is 1.69. The zero-order chi connectivity index (χ0) is 12.3. The molecule has 2 rings (SSSR count). The van der Waals surface area contributed by atoms with Crippen molar-refractivity contribution in [1.82, 2.24) is 0 Å². The Morgan fingerprint density at radius 1 is 1.35 bits per heavy atom. The molecule has 1 N–H and O–H groups in total. The number of quaternary nitrogens is 1. The fourth-order valence-electron chi connectivity index (χ4n) is 2.30. The Bertz CT molecular complexity index is 386. The zero-order valence-corrected chi connectivity index (χ0v) is 10.1. The maximum absolute atomic E-state index is 12.2. The quantitative estimate of drug-likeness (QED) is 0.495. The lowest BCUT2D eigenvalue weighted by Crippen LogP contribution is -2.49. The number of aliphatic hydroxyl groups excluding tert-OH is 1. The van der Waals surface area contributed by atoms with Crippen LogP contribution >= 0.6 is 0 Å². The summed E-state index contributed by atoms with van der Waals surface area (Å²) < 4.78 is -0.277. The van der Waals surface area contributed by atoms with E-state index in [0.29, 0.717) is 13.0 Å². The van der Waals surface area contributed by atoms with Crippen molar-refractivity contribution in [3.8, 4) is 0 Å². The highest BCUT2D eigenvalue weighted by Crippen LogP contribution is 2.27. The van der Waals surface area contributed by atoms with Crippen LogP contribution < -0.4 is 0 Å². The van der Waals surface area contributed by atoms with Gasteiger partial charge in [0.1, 0.15) is 0 Å². The van der Waals surface area contributed by atoms with E-state index in [4.69, 9.17) is 0 Å². The highest BCUT2D eigenvalue weighted by atomic mass is 16.5. The molecule has 3 nitrogen and oxygen atoms in total. The second kappa shape index (κ2) is 5.00. The summed E-state index contributed by atoms with van der Waals surface area (Å²) in [6.07, 6.45) is 4.70. The molecule has 0 spiro atoms. The molecule has 92 valence electrons. The van der Waals surface area contributed by atoms with E-state index in [0.717, 1.165) is 12.0 Å². The van der Waals surface area contributed by atoms with Crippen LogP contribution in [0.2, 0.25) is 0 Å². The van der Waals surface area contributed by atoms with E-state index < -0.39 is 6.10 Å². The highest BCUT2D eigenvalue weighted by Gasteiger charge is 2.28. The molecule has 0 bridgehead atoms. The lowest BCUT2D eigenvalue weighted by Gasteiger charge is -2.47. The van der Waals surface area contributed by atoms with Gasteiger partial charge in [-0.25, -0.2) is 0 Å². The van der Waals surface area contributed by atoms with Gasteiger partial charge in [-0.3, -0.25) is 0 Å². The molecular weight excluding hydrogens is 214 g/mol. The molecule has 1 heterocycles. The van der Waals surface area contributed by atoms with Gasteiger partial charge in [-0.1, -0.05) is 36.4 Å². The fourth-order valence-corrected chi connectivity index (χ4v) is 2.30. The van der Waals surface area contributed by atoms with Crippen LogP contribution in [0.15, 0.2) is 42.5 Å². The van der Waals surface area contributed by atoms with Gasteiger partial charge in [0.2, 0.25) is 0 Å². The van der Waals surface area contributed by atoms with Crippen LogP contribution in [0.3, 0.4) is 0 Å². The van der Waals surface area contributed by atoms with Crippen LogP contribution in [-0.4, -0.2) is 29.4 Å². The van der Waals surface area contributed by atoms with Crippen molar-refractivity contribution in [3.63, 3.8) is 0 Å². The van der Waals surface area contributed by atoms with E-state index in [1.807, 2.05) is 42.5 Å². The number of nitrogens with zero attached hydrogens (tertiary/aromatic N) is 1. The minimum absolute atomic E-state index is 0.0461. The lowest BCUT2D eigenvalue weighted by atomic mass is 9.97. The maximum Gasteiger partial charge on any atom is 0.0971 e. The van der Waals surface area contributed by atoms with Crippen LogP contribution in [0.4, 0.5) is 0 Å².